The van der Waals surface area contributed by atoms with Crippen molar-refractivity contribution in [2.24, 2.45) is 0 Å². The Balaban J connectivity index is 1.88. The van der Waals surface area contributed by atoms with Crippen LogP contribution < -0.4 is 5.32 Å². The van der Waals surface area contributed by atoms with Crippen molar-refractivity contribution in [3.63, 3.8) is 0 Å². The Morgan fingerprint density at radius 3 is 2.25 bits per heavy atom. The summed E-state index contributed by atoms with van der Waals surface area (Å²) in [5.41, 5.74) is 0.320. The van der Waals surface area contributed by atoms with Crippen molar-refractivity contribution in [3.05, 3.63) is 0 Å². The monoisotopic (exact) mass is 224 g/mol. The van der Waals surface area contributed by atoms with Crippen molar-refractivity contribution in [1.29, 1.82) is 0 Å². The lowest BCUT2D eigenvalue weighted by Crippen LogP contribution is -2.59. The molecule has 1 saturated heterocycles. The van der Waals surface area contributed by atoms with Gasteiger partial charge in [0.25, 0.3) is 0 Å². The molecule has 2 fully saturated rings. The second-order valence-corrected chi connectivity index (χ2v) is 6.28. The Morgan fingerprint density at radius 2 is 1.62 bits per heavy atom. The first-order valence-corrected chi connectivity index (χ1v) is 7.16. The molecule has 1 N–H and O–H groups in total. The Morgan fingerprint density at radius 1 is 1.00 bits per heavy atom. The van der Waals surface area contributed by atoms with Gasteiger partial charge in [0.15, 0.2) is 0 Å². The van der Waals surface area contributed by atoms with Crippen molar-refractivity contribution < 1.29 is 0 Å². The minimum Gasteiger partial charge on any atom is -0.309 e. The summed E-state index contributed by atoms with van der Waals surface area (Å²) in [6.07, 6.45) is 10.2. The third kappa shape index (κ3) is 3.46. The summed E-state index contributed by atoms with van der Waals surface area (Å²) in [6, 6.07) is 0.877. The summed E-state index contributed by atoms with van der Waals surface area (Å²) < 4.78 is 0. The van der Waals surface area contributed by atoms with E-state index in [1.807, 2.05) is 0 Å². The average molecular weight is 224 g/mol. The van der Waals surface area contributed by atoms with Gasteiger partial charge in [-0.15, -0.1) is 0 Å². The second-order valence-electron chi connectivity index (χ2n) is 6.28. The van der Waals surface area contributed by atoms with Gasteiger partial charge in [0, 0.05) is 31.2 Å². The standard InChI is InChI=1S/C14H28N2/c1-14(2)12-16(11-10-15-14)13-8-6-4-3-5-7-9-13/h13,15H,3-12H2,1-2H3. The van der Waals surface area contributed by atoms with Crippen LogP contribution in [-0.4, -0.2) is 36.1 Å². The van der Waals surface area contributed by atoms with Crippen molar-refractivity contribution in [3.8, 4) is 0 Å². The highest BCUT2D eigenvalue weighted by molar-refractivity contribution is 4.89. The zero-order chi connectivity index (χ0) is 11.4. The first kappa shape index (κ1) is 12.4. The molecule has 2 heteroatoms. The van der Waals surface area contributed by atoms with Crippen LogP contribution in [-0.2, 0) is 0 Å². The minimum atomic E-state index is 0.320. The van der Waals surface area contributed by atoms with E-state index in [1.54, 1.807) is 0 Å². The third-order valence-corrected chi connectivity index (χ3v) is 4.19. The van der Waals surface area contributed by atoms with Crippen molar-refractivity contribution in [2.45, 2.75) is 70.4 Å². The molecular weight excluding hydrogens is 196 g/mol. The maximum atomic E-state index is 3.61. The number of rotatable bonds is 1. The maximum absolute atomic E-state index is 3.61. The van der Waals surface area contributed by atoms with Crippen LogP contribution >= 0.6 is 0 Å². The molecule has 1 aliphatic heterocycles. The number of nitrogens with zero attached hydrogens (tertiary/aromatic N) is 1. The van der Waals surface area contributed by atoms with Crippen molar-refractivity contribution in [2.75, 3.05) is 19.6 Å². The van der Waals surface area contributed by atoms with E-state index in [0.29, 0.717) is 5.54 Å². The van der Waals surface area contributed by atoms with E-state index in [-0.39, 0.29) is 0 Å². The fourth-order valence-corrected chi connectivity index (χ4v) is 3.29. The summed E-state index contributed by atoms with van der Waals surface area (Å²) in [6.45, 7) is 8.33. The van der Waals surface area contributed by atoms with Gasteiger partial charge in [0.1, 0.15) is 0 Å². The number of piperazine rings is 1. The topological polar surface area (TPSA) is 15.3 Å². The van der Waals surface area contributed by atoms with E-state index in [1.165, 1.54) is 64.6 Å². The van der Waals surface area contributed by atoms with Crippen LogP contribution in [0.4, 0.5) is 0 Å². The van der Waals surface area contributed by atoms with Crippen LogP contribution in [0.2, 0.25) is 0 Å². The quantitative estimate of drug-likeness (QED) is 0.737. The fourth-order valence-electron chi connectivity index (χ4n) is 3.29. The van der Waals surface area contributed by atoms with Crippen LogP contribution in [0.1, 0.15) is 58.8 Å². The second kappa shape index (κ2) is 5.50. The summed E-state index contributed by atoms with van der Waals surface area (Å²) >= 11 is 0. The Hall–Kier alpha value is -0.0800. The molecule has 0 unspecified atom stereocenters. The first-order chi connectivity index (χ1) is 7.67. The van der Waals surface area contributed by atoms with Gasteiger partial charge in [-0.3, -0.25) is 4.90 Å². The summed E-state index contributed by atoms with van der Waals surface area (Å²) in [5, 5.41) is 3.61. The average Bonchev–Trinajstić information content (AvgIpc) is 2.15. The molecule has 1 saturated carbocycles. The van der Waals surface area contributed by atoms with Crippen molar-refractivity contribution >= 4 is 0 Å². The molecule has 1 heterocycles. The molecule has 0 bridgehead atoms. The van der Waals surface area contributed by atoms with Gasteiger partial charge in [-0.05, 0) is 26.7 Å². The molecule has 94 valence electrons. The predicted molar refractivity (Wildman–Crippen MR) is 69.8 cm³/mol. The first-order valence-electron chi connectivity index (χ1n) is 7.16. The molecule has 0 aromatic carbocycles. The number of nitrogens with one attached hydrogen (secondary N) is 1. The zero-order valence-corrected chi connectivity index (χ0v) is 11.1. The maximum Gasteiger partial charge on any atom is 0.0252 e. The molecule has 0 amide bonds. The molecule has 0 atom stereocenters. The van der Waals surface area contributed by atoms with Gasteiger partial charge in [0.05, 0.1) is 0 Å². The zero-order valence-electron chi connectivity index (χ0n) is 11.1. The lowest BCUT2D eigenvalue weighted by Gasteiger charge is -2.43. The van der Waals surface area contributed by atoms with Crippen LogP contribution in [0, 0.1) is 0 Å². The van der Waals surface area contributed by atoms with E-state index >= 15 is 0 Å². The van der Waals surface area contributed by atoms with E-state index in [0.717, 1.165) is 6.04 Å². The molecule has 2 aliphatic rings. The lowest BCUT2D eigenvalue weighted by atomic mass is 9.93. The predicted octanol–water partition coefficient (Wildman–Crippen LogP) is 2.78. The largest absolute Gasteiger partial charge is 0.309 e. The van der Waals surface area contributed by atoms with E-state index < -0.39 is 0 Å². The van der Waals surface area contributed by atoms with E-state index in [9.17, 15) is 0 Å². The highest BCUT2D eigenvalue weighted by Gasteiger charge is 2.29. The molecule has 16 heavy (non-hydrogen) atoms. The molecule has 2 nitrogen and oxygen atoms in total. The molecule has 0 aromatic heterocycles. The number of hydrogen-bond acceptors (Lipinski definition) is 2. The number of hydrogen-bond donors (Lipinski definition) is 1. The Labute approximate surface area is 101 Å². The van der Waals surface area contributed by atoms with Crippen molar-refractivity contribution in [1.82, 2.24) is 10.2 Å². The molecular formula is C14H28N2. The highest BCUT2D eigenvalue weighted by atomic mass is 15.2. The summed E-state index contributed by atoms with van der Waals surface area (Å²) in [5.74, 6) is 0. The summed E-state index contributed by atoms with van der Waals surface area (Å²) in [7, 11) is 0. The van der Waals surface area contributed by atoms with Gasteiger partial charge in [-0.1, -0.05) is 32.1 Å². The lowest BCUT2D eigenvalue weighted by molar-refractivity contribution is 0.0935. The summed E-state index contributed by atoms with van der Waals surface area (Å²) in [4.78, 5) is 2.75. The van der Waals surface area contributed by atoms with Gasteiger partial charge in [0.2, 0.25) is 0 Å². The Bertz CT molecular complexity index is 205. The van der Waals surface area contributed by atoms with Gasteiger partial charge >= 0.3 is 0 Å². The van der Waals surface area contributed by atoms with Gasteiger partial charge in [-0.25, -0.2) is 0 Å². The van der Waals surface area contributed by atoms with Crippen LogP contribution in [0.15, 0.2) is 0 Å². The molecule has 0 radical (unpaired) electrons. The molecule has 2 rings (SSSR count). The minimum absolute atomic E-state index is 0.320. The molecule has 0 aromatic rings. The molecule has 1 aliphatic carbocycles. The van der Waals surface area contributed by atoms with Gasteiger partial charge in [-0.2, -0.15) is 0 Å². The van der Waals surface area contributed by atoms with Gasteiger partial charge < -0.3 is 5.32 Å². The fraction of sp³-hybridized carbons (Fsp3) is 1.00. The smallest absolute Gasteiger partial charge is 0.0252 e. The van der Waals surface area contributed by atoms with Crippen LogP contribution in [0.25, 0.3) is 0 Å². The Kier molecular flexibility index (Phi) is 4.26. The van der Waals surface area contributed by atoms with E-state index in [4.69, 9.17) is 0 Å². The molecule has 0 spiro atoms. The SMILES string of the molecule is CC1(C)CN(C2CCCCCCC2)CCN1. The van der Waals surface area contributed by atoms with Crippen LogP contribution in [0.5, 0.6) is 0 Å². The highest BCUT2D eigenvalue weighted by Crippen LogP contribution is 2.23. The van der Waals surface area contributed by atoms with E-state index in [2.05, 4.69) is 24.1 Å². The third-order valence-electron chi connectivity index (χ3n) is 4.19. The van der Waals surface area contributed by atoms with Crippen LogP contribution in [0.3, 0.4) is 0 Å². The normalized spacial score (nSPS) is 29.6.